The second kappa shape index (κ2) is 7.14. The quantitative estimate of drug-likeness (QED) is 0.900. The van der Waals surface area contributed by atoms with Gasteiger partial charge in [-0.1, -0.05) is 30.3 Å². The molecule has 4 nitrogen and oxygen atoms in total. The number of aliphatic hydroxyl groups excluding tert-OH is 1. The van der Waals surface area contributed by atoms with E-state index in [2.05, 4.69) is 29.2 Å². The molecule has 2 fully saturated rings. The molecule has 1 amide bonds. The van der Waals surface area contributed by atoms with Crippen molar-refractivity contribution in [2.75, 3.05) is 32.8 Å². The summed E-state index contributed by atoms with van der Waals surface area (Å²) in [6.07, 6.45) is 0.884. The summed E-state index contributed by atoms with van der Waals surface area (Å²) in [6.45, 7) is 6.52. The number of carbonyl (C=O) groups excluding carboxylic acids is 1. The fraction of sp³-hybridized carbons (Fsp3) is 0.476. The molecule has 138 valence electrons. The zero-order valence-corrected chi connectivity index (χ0v) is 16.0. The summed E-state index contributed by atoms with van der Waals surface area (Å²) in [7, 11) is 0. The number of hydrogen-bond acceptors (Lipinski definition) is 4. The van der Waals surface area contributed by atoms with Gasteiger partial charge in [0.05, 0.1) is 11.5 Å². The molecule has 2 aromatic rings. The first-order chi connectivity index (χ1) is 12.6. The van der Waals surface area contributed by atoms with Gasteiger partial charge in [0.1, 0.15) is 0 Å². The number of likely N-dealkylation sites (tertiary alicyclic amines) is 2. The van der Waals surface area contributed by atoms with E-state index in [1.165, 1.54) is 10.4 Å². The Morgan fingerprint density at radius 1 is 1.23 bits per heavy atom. The molecule has 26 heavy (non-hydrogen) atoms. The number of hydrogen-bond donors (Lipinski definition) is 1. The Bertz CT molecular complexity index is 775. The largest absolute Gasteiger partial charge is 0.396 e. The van der Waals surface area contributed by atoms with E-state index in [1.807, 2.05) is 30.0 Å². The summed E-state index contributed by atoms with van der Waals surface area (Å²) in [5.74, 6) is 0.492. The molecule has 4 rings (SSSR count). The van der Waals surface area contributed by atoms with Crippen LogP contribution in [0.25, 0.3) is 0 Å². The van der Waals surface area contributed by atoms with Crippen molar-refractivity contribution >= 4 is 17.2 Å². The van der Waals surface area contributed by atoms with Gasteiger partial charge in [-0.25, -0.2) is 0 Å². The Kier molecular flexibility index (Phi) is 4.86. The van der Waals surface area contributed by atoms with Gasteiger partial charge in [-0.15, -0.1) is 11.3 Å². The number of thiophene rings is 1. The van der Waals surface area contributed by atoms with Gasteiger partial charge in [0.25, 0.3) is 5.91 Å². The Morgan fingerprint density at radius 2 is 2.04 bits per heavy atom. The number of nitrogens with zero attached hydrogens (tertiary/aromatic N) is 2. The van der Waals surface area contributed by atoms with E-state index in [-0.39, 0.29) is 17.9 Å². The van der Waals surface area contributed by atoms with Crippen molar-refractivity contribution in [2.24, 2.45) is 11.3 Å². The van der Waals surface area contributed by atoms with Gasteiger partial charge in [-0.3, -0.25) is 9.69 Å². The first kappa shape index (κ1) is 17.7. The lowest BCUT2D eigenvalue weighted by molar-refractivity contribution is 0.0180. The second-order valence-corrected chi connectivity index (χ2v) is 9.07. The molecule has 5 heteroatoms. The molecule has 2 aliphatic rings. The Hall–Kier alpha value is -1.69. The van der Waals surface area contributed by atoms with Crippen molar-refractivity contribution in [3.05, 3.63) is 57.8 Å². The molecule has 0 saturated carbocycles. The predicted octanol–water partition coefficient (Wildman–Crippen LogP) is 3.01. The summed E-state index contributed by atoms with van der Waals surface area (Å²) >= 11 is 1.57. The maximum Gasteiger partial charge on any atom is 0.263 e. The van der Waals surface area contributed by atoms with E-state index in [0.29, 0.717) is 5.92 Å². The van der Waals surface area contributed by atoms with Crippen LogP contribution >= 0.6 is 11.3 Å². The van der Waals surface area contributed by atoms with E-state index in [4.69, 9.17) is 0 Å². The first-order valence-electron chi connectivity index (χ1n) is 9.32. The molecular formula is C21H26N2O2S. The number of amides is 1. The fourth-order valence-corrected chi connectivity index (χ4v) is 5.34. The number of carbonyl (C=O) groups is 1. The normalized spacial score (nSPS) is 26.1. The molecule has 1 N–H and O–H groups in total. The lowest BCUT2D eigenvalue weighted by Gasteiger charge is -2.42. The van der Waals surface area contributed by atoms with Crippen molar-refractivity contribution in [1.82, 2.24) is 9.80 Å². The third-order valence-electron chi connectivity index (χ3n) is 6.01. The van der Waals surface area contributed by atoms with Crippen LogP contribution in [0.2, 0.25) is 0 Å². The van der Waals surface area contributed by atoms with Crippen LogP contribution in [0, 0.1) is 18.3 Å². The molecule has 2 saturated heterocycles. The number of rotatable bonds is 4. The third-order valence-corrected chi connectivity index (χ3v) is 6.99. The van der Waals surface area contributed by atoms with E-state index in [9.17, 15) is 9.90 Å². The summed E-state index contributed by atoms with van der Waals surface area (Å²) in [5.41, 5.74) is 1.25. The summed E-state index contributed by atoms with van der Waals surface area (Å²) < 4.78 is 0. The van der Waals surface area contributed by atoms with E-state index < -0.39 is 0 Å². The number of fused-ring (bicyclic) bond motifs is 1. The van der Waals surface area contributed by atoms with Crippen LogP contribution in [0.4, 0.5) is 0 Å². The van der Waals surface area contributed by atoms with E-state index >= 15 is 0 Å². The SMILES string of the molecule is Cc1ccc(C(=O)N2CC[C@]3(CO)CN(Cc4ccccc4)C[C@@H]3C2)s1. The third kappa shape index (κ3) is 3.31. The van der Waals surface area contributed by atoms with Crippen LogP contribution in [0.15, 0.2) is 42.5 Å². The van der Waals surface area contributed by atoms with Gasteiger partial charge in [-0.2, -0.15) is 0 Å². The number of aliphatic hydroxyl groups is 1. The van der Waals surface area contributed by atoms with Gasteiger partial charge in [0.2, 0.25) is 0 Å². The molecule has 0 radical (unpaired) electrons. The fourth-order valence-electron chi connectivity index (χ4n) is 4.50. The predicted molar refractivity (Wildman–Crippen MR) is 104 cm³/mol. The minimum atomic E-state index is -0.0586. The maximum absolute atomic E-state index is 12.8. The van der Waals surface area contributed by atoms with Crippen LogP contribution in [-0.2, 0) is 6.54 Å². The molecule has 0 spiro atoms. The maximum atomic E-state index is 12.8. The molecule has 1 aromatic heterocycles. The van der Waals surface area contributed by atoms with Crippen molar-refractivity contribution < 1.29 is 9.90 Å². The van der Waals surface area contributed by atoms with Crippen molar-refractivity contribution in [1.29, 1.82) is 0 Å². The molecule has 0 unspecified atom stereocenters. The highest BCUT2D eigenvalue weighted by Gasteiger charge is 2.49. The topological polar surface area (TPSA) is 43.8 Å². The van der Waals surface area contributed by atoms with Crippen LogP contribution < -0.4 is 0 Å². The standard InChI is InChI=1S/C21H26N2O2S/c1-16-7-8-19(26-16)20(25)23-10-9-21(15-24)14-22(12-18(21)13-23)11-17-5-3-2-4-6-17/h2-8,18,24H,9-15H2,1H3/t18-,21-/m1/s1. The molecule has 3 heterocycles. The van der Waals surface area contributed by atoms with E-state index in [1.54, 1.807) is 11.3 Å². The van der Waals surface area contributed by atoms with Crippen LogP contribution in [0.5, 0.6) is 0 Å². The highest BCUT2D eigenvalue weighted by Crippen LogP contribution is 2.43. The lowest BCUT2D eigenvalue weighted by atomic mass is 9.73. The summed E-state index contributed by atoms with van der Waals surface area (Å²) in [5, 5.41) is 10.2. The van der Waals surface area contributed by atoms with Crippen LogP contribution in [0.1, 0.15) is 26.5 Å². The average Bonchev–Trinajstić information content (AvgIpc) is 3.25. The lowest BCUT2D eigenvalue weighted by Crippen LogP contribution is -2.50. The number of benzene rings is 1. The number of piperidine rings is 1. The summed E-state index contributed by atoms with van der Waals surface area (Å²) in [6, 6.07) is 14.4. The minimum absolute atomic E-state index is 0.0586. The Balaban J connectivity index is 1.46. The van der Waals surface area contributed by atoms with Gasteiger partial charge in [0.15, 0.2) is 0 Å². The Morgan fingerprint density at radius 3 is 2.73 bits per heavy atom. The molecule has 2 aliphatic heterocycles. The molecule has 1 aromatic carbocycles. The highest BCUT2D eigenvalue weighted by molar-refractivity contribution is 7.13. The van der Waals surface area contributed by atoms with Gasteiger partial charge < -0.3 is 10.0 Å². The first-order valence-corrected chi connectivity index (χ1v) is 10.1. The molecule has 0 aliphatic carbocycles. The average molecular weight is 371 g/mol. The zero-order valence-electron chi connectivity index (χ0n) is 15.2. The van der Waals surface area contributed by atoms with Crippen molar-refractivity contribution in [3.63, 3.8) is 0 Å². The molecule has 0 bridgehead atoms. The zero-order chi connectivity index (χ0) is 18.1. The Labute approximate surface area is 159 Å². The minimum Gasteiger partial charge on any atom is -0.396 e. The smallest absolute Gasteiger partial charge is 0.263 e. The number of aryl methyl sites for hydroxylation is 1. The van der Waals surface area contributed by atoms with Crippen LogP contribution in [0.3, 0.4) is 0 Å². The second-order valence-electron chi connectivity index (χ2n) is 7.78. The van der Waals surface area contributed by atoms with Gasteiger partial charge in [-0.05, 0) is 37.0 Å². The van der Waals surface area contributed by atoms with Crippen molar-refractivity contribution in [2.45, 2.75) is 19.9 Å². The van der Waals surface area contributed by atoms with E-state index in [0.717, 1.165) is 44.0 Å². The van der Waals surface area contributed by atoms with Crippen molar-refractivity contribution in [3.8, 4) is 0 Å². The highest BCUT2D eigenvalue weighted by atomic mass is 32.1. The monoisotopic (exact) mass is 370 g/mol. The molecule has 2 atom stereocenters. The molecular weight excluding hydrogens is 344 g/mol. The van der Waals surface area contributed by atoms with Gasteiger partial charge >= 0.3 is 0 Å². The van der Waals surface area contributed by atoms with Crippen LogP contribution in [-0.4, -0.2) is 53.6 Å². The van der Waals surface area contributed by atoms with Gasteiger partial charge in [0, 0.05) is 43.0 Å². The summed E-state index contributed by atoms with van der Waals surface area (Å²) in [4.78, 5) is 19.3.